The van der Waals surface area contributed by atoms with Crippen LogP contribution in [0.15, 0.2) is 36.4 Å². The van der Waals surface area contributed by atoms with Gasteiger partial charge in [-0.25, -0.2) is 8.42 Å². The fraction of sp³-hybridized carbons (Fsp3) is 0.481. The maximum Gasteiger partial charge on any atom is 0.404 e. The maximum absolute atomic E-state index is 13.8. The van der Waals surface area contributed by atoms with Gasteiger partial charge in [0.25, 0.3) is 11.8 Å². The van der Waals surface area contributed by atoms with Gasteiger partial charge in [-0.3, -0.25) is 14.3 Å². The molecule has 2 aliphatic heterocycles. The van der Waals surface area contributed by atoms with Gasteiger partial charge in [-0.05, 0) is 37.3 Å². The Balaban J connectivity index is 1.67. The summed E-state index contributed by atoms with van der Waals surface area (Å²) in [4.78, 5) is 30.1. The number of ether oxygens (including phenoxy) is 4. The van der Waals surface area contributed by atoms with E-state index >= 15 is 0 Å². The number of hydrogen-bond acceptors (Lipinski definition) is 8. The Morgan fingerprint density at radius 3 is 2.45 bits per heavy atom. The SMILES string of the molecule is CO[C@H]1CN(C)C(=O)c2ccc(NS(=O)(=O)CC(F)(F)F)cc2OC[C@H](C)N(C(=O)c2ccc3c(c2)OCO3)C[C@H]1C. The number of carbonyl (C=O) groups excluding carboxylic acids is 2. The number of carbonyl (C=O) groups is 2. The lowest BCUT2D eigenvalue weighted by Gasteiger charge is -2.36. The highest BCUT2D eigenvalue weighted by Gasteiger charge is 2.36. The van der Waals surface area contributed by atoms with Crippen LogP contribution in [-0.4, -0.2) is 94.8 Å². The molecular weight excluding hydrogens is 583 g/mol. The fourth-order valence-corrected chi connectivity index (χ4v) is 5.73. The molecule has 3 atom stereocenters. The summed E-state index contributed by atoms with van der Waals surface area (Å²) in [5, 5.41) is 0. The number of amides is 2. The van der Waals surface area contributed by atoms with Crippen molar-refractivity contribution in [3.8, 4) is 17.2 Å². The third-order valence-corrected chi connectivity index (χ3v) is 8.21. The molecule has 230 valence electrons. The first-order valence-electron chi connectivity index (χ1n) is 13.0. The van der Waals surface area contributed by atoms with E-state index in [1.54, 1.807) is 37.1 Å². The smallest absolute Gasteiger partial charge is 0.404 e. The van der Waals surface area contributed by atoms with Gasteiger partial charge in [0.15, 0.2) is 17.3 Å². The predicted octanol–water partition coefficient (Wildman–Crippen LogP) is 3.37. The van der Waals surface area contributed by atoms with E-state index in [1.807, 2.05) is 11.6 Å². The first kappa shape index (κ1) is 31.2. The minimum absolute atomic E-state index is 0.0491. The molecule has 0 saturated carbocycles. The standard InChI is InChI=1S/C27H32F3N3O8S/c1-16-11-33(25(34)18-5-8-21-23(9-18)41-15-40-21)17(2)13-39-22-10-19(31-42(36,37)14-27(28,29)30)6-7-20(22)26(35)32(3)12-24(16)38-4/h5-10,16-17,24,31H,11-15H2,1-4H3/t16-,17+,24+/m1/s1. The molecule has 2 aromatic rings. The zero-order valence-electron chi connectivity index (χ0n) is 23.4. The predicted molar refractivity (Wildman–Crippen MR) is 145 cm³/mol. The number of benzene rings is 2. The van der Waals surface area contributed by atoms with Crippen LogP contribution < -0.4 is 18.9 Å². The van der Waals surface area contributed by atoms with Crippen molar-refractivity contribution in [2.45, 2.75) is 32.2 Å². The third-order valence-electron chi connectivity index (χ3n) is 6.95. The molecule has 0 aromatic heterocycles. The van der Waals surface area contributed by atoms with Crippen molar-refractivity contribution in [1.82, 2.24) is 9.80 Å². The number of halogens is 3. The van der Waals surface area contributed by atoms with E-state index in [-0.39, 0.29) is 55.3 Å². The van der Waals surface area contributed by atoms with Gasteiger partial charge in [0.2, 0.25) is 16.8 Å². The third kappa shape index (κ3) is 7.37. The van der Waals surface area contributed by atoms with Crippen LogP contribution in [0.5, 0.6) is 17.2 Å². The van der Waals surface area contributed by atoms with Crippen LogP contribution >= 0.6 is 0 Å². The number of fused-ring (bicyclic) bond motifs is 2. The van der Waals surface area contributed by atoms with Gasteiger partial charge >= 0.3 is 6.18 Å². The lowest BCUT2D eigenvalue weighted by molar-refractivity contribution is -0.106. The average Bonchev–Trinajstić information content (AvgIpc) is 3.38. The zero-order valence-corrected chi connectivity index (χ0v) is 24.3. The van der Waals surface area contributed by atoms with Crippen molar-refractivity contribution in [3.63, 3.8) is 0 Å². The van der Waals surface area contributed by atoms with Crippen LogP contribution in [0, 0.1) is 5.92 Å². The molecule has 2 aliphatic rings. The van der Waals surface area contributed by atoms with Crippen LogP contribution in [0.1, 0.15) is 34.6 Å². The maximum atomic E-state index is 13.8. The summed E-state index contributed by atoms with van der Waals surface area (Å²) in [6.07, 6.45) is -5.41. The fourth-order valence-electron chi connectivity index (χ4n) is 4.74. The van der Waals surface area contributed by atoms with Crippen molar-refractivity contribution < 1.29 is 50.1 Å². The molecule has 0 aliphatic carbocycles. The Labute approximate surface area is 241 Å². The van der Waals surface area contributed by atoms with Gasteiger partial charge in [0.05, 0.1) is 23.4 Å². The summed E-state index contributed by atoms with van der Waals surface area (Å²) in [5.41, 5.74) is 0.193. The van der Waals surface area contributed by atoms with Gasteiger partial charge in [-0.2, -0.15) is 13.2 Å². The molecule has 11 nitrogen and oxygen atoms in total. The highest BCUT2D eigenvalue weighted by atomic mass is 32.2. The molecule has 2 aromatic carbocycles. The summed E-state index contributed by atoms with van der Waals surface area (Å²) in [6, 6.07) is 7.90. The molecule has 2 heterocycles. The van der Waals surface area contributed by atoms with Crippen molar-refractivity contribution in [2.24, 2.45) is 5.92 Å². The quantitative estimate of drug-likeness (QED) is 0.543. The summed E-state index contributed by atoms with van der Waals surface area (Å²) < 4.78 is 86.6. The molecule has 0 unspecified atom stereocenters. The number of likely N-dealkylation sites (N-methyl/N-ethyl adjacent to an activating group) is 1. The number of alkyl halides is 3. The second-order valence-corrected chi connectivity index (χ2v) is 12.0. The molecule has 0 bridgehead atoms. The average molecular weight is 616 g/mol. The van der Waals surface area contributed by atoms with Gasteiger partial charge in [-0.15, -0.1) is 0 Å². The number of rotatable bonds is 5. The van der Waals surface area contributed by atoms with Crippen molar-refractivity contribution in [2.75, 3.05) is 51.1 Å². The van der Waals surface area contributed by atoms with E-state index < -0.39 is 40.0 Å². The van der Waals surface area contributed by atoms with Crippen LogP contribution in [0.25, 0.3) is 0 Å². The van der Waals surface area contributed by atoms with Crippen molar-refractivity contribution in [1.29, 1.82) is 0 Å². The second kappa shape index (κ2) is 12.3. The van der Waals surface area contributed by atoms with E-state index in [1.165, 1.54) is 24.1 Å². The summed E-state index contributed by atoms with van der Waals surface area (Å²) >= 11 is 0. The van der Waals surface area contributed by atoms with Crippen LogP contribution in [0.4, 0.5) is 18.9 Å². The van der Waals surface area contributed by atoms with Crippen LogP contribution in [0.3, 0.4) is 0 Å². The van der Waals surface area contributed by atoms with E-state index in [2.05, 4.69) is 0 Å². The molecule has 42 heavy (non-hydrogen) atoms. The normalized spacial score (nSPS) is 21.6. The first-order valence-corrected chi connectivity index (χ1v) is 14.7. The molecule has 0 fully saturated rings. The monoisotopic (exact) mass is 615 g/mol. The Morgan fingerprint density at radius 1 is 1.05 bits per heavy atom. The molecule has 0 saturated heterocycles. The summed E-state index contributed by atoms with van der Waals surface area (Å²) in [7, 11) is -1.72. The number of sulfonamides is 1. The van der Waals surface area contributed by atoms with Gasteiger partial charge in [0.1, 0.15) is 12.4 Å². The number of nitrogens with one attached hydrogen (secondary N) is 1. The highest BCUT2D eigenvalue weighted by Crippen LogP contribution is 2.33. The number of hydrogen-bond donors (Lipinski definition) is 1. The number of nitrogens with zero attached hydrogens (tertiary/aromatic N) is 2. The highest BCUT2D eigenvalue weighted by molar-refractivity contribution is 7.92. The largest absolute Gasteiger partial charge is 0.491 e. The van der Waals surface area contributed by atoms with E-state index in [0.717, 1.165) is 6.07 Å². The number of anilines is 1. The van der Waals surface area contributed by atoms with Crippen LogP contribution in [-0.2, 0) is 14.8 Å². The summed E-state index contributed by atoms with van der Waals surface area (Å²) in [5.74, 6) is -2.18. The minimum atomic E-state index is -4.95. The Hall–Kier alpha value is -3.72. The van der Waals surface area contributed by atoms with E-state index in [0.29, 0.717) is 17.1 Å². The molecule has 0 radical (unpaired) electrons. The van der Waals surface area contributed by atoms with E-state index in [9.17, 15) is 31.2 Å². The molecular formula is C27H32F3N3O8S. The molecule has 0 spiro atoms. The molecule has 2 amide bonds. The Kier molecular flexibility index (Phi) is 9.11. The van der Waals surface area contributed by atoms with Gasteiger partial charge in [-0.1, -0.05) is 6.92 Å². The van der Waals surface area contributed by atoms with Crippen molar-refractivity contribution >= 4 is 27.5 Å². The first-order chi connectivity index (χ1) is 19.7. The lowest BCUT2D eigenvalue weighted by Crippen LogP contribution is -2.48. The van der Waals surface area contributed by atoms with Crippen LogP contribution in [0.2, 0.25) is 0 Å². The lowest BCUT2D eigenvalue weighted by atomic mass is 10.0. The number of methoxy groups -OCH3 is 1. The van der Waals surface area contributed by atoms with E-state index in [4.69, 9.17) is 18.9 Å². The zero-order chi connectivity index (χ0) is 30.8. The Bertz CT molecular complexity index is 1440. The second-order valence-electron chi connectivity index (χ2n) is 10.3. The molecule has 4 rings (SSSR count). The van der Waals surface area contributed by atoms with Crippen molar-refractivity contribution in [3.05, 3.63) is 47.5 Å². The minimum Gasteiger partial charge on any atom is -0.491 e. The summed E-state index contributed by atoms with van der Waals surface area (Å²) in [6.45, 7) is 3.96. The van der Waals surface area contributed by atoms with Gasteiger partial charge < -0.3 is 28.7 Å². The van der Waals surface area contributed by atoms with Gasteiger partial charge in [0, 0.05) is 44.8 Å². The molecule has 15 heteroatoms. The Morgan fingerprint density at radius 2 is 1.76 bits per heavy atom. The molecule has 1 N–H and O–H groups in total. The topological polar surface area (TPSA) is 124 Å².